The van der Waals surface area contributed by atoms with Crippen LogP contribution in [-0.4, -0.2) is 19.0 Å². The highest BCUT2D eigenvalue weighted by atomic mass is 19.1. The van der Waals surface area contributed by atoms with E-state index in [-0.39, 0.29) is 17.8 Å². The zero-order valence-electron chi connectivity index (χ0n) is 10.1. The molecule has 1 aliphatic heterocycles. The lowest BCUT2D eigenvalue weighted by molar-refractivity contribution is -0.121. The maximum atomic E-state index is 13.9. The molecule has 1 atom stereocenters. The van der Waals surface area contributed by atoms with E-state index < -0.39 is 0 Å². The number of hydrogen-bond donors (Lipinski definition) is 2. The Kier molecular flexibility index (Phi) is 3.43. The van der Waals surface area contributed by atoms with Gasteiger partial charge in [0.2, 0.25) is 5.91 Å². The van der Waals surface area contributed by atoms with Crippen molar-refractivity contribution in [2.24, 2.45) is 0 Å². The van der Waals surface area contributed by atoms with Gasteiger partial charge in [0.25, 0.3) is 0 Å². The highest BCUT2D eigenvalue weighted by molar-refractivity contribution is 5.77. The molecule has 0 saturated carbocycles. The van der Waals surface area contributed by atoms with Crippen LogP contribution < -0.4 is 10.6 Å². The normalized spacial score (nSPS) is 20.9. The number of benzene rings is 1. The van der Waals surface area contributed by atoms with Crippen LogP contribution in [0.5, 0.6) is 0 Å². The molecule has 1 saturated heterocycles. The summed E-state index contributed by atoms with van der Waals surface area (Å²) in [7, 11) is 0. The monoisotopic (exact) mass is 236 g/mol. The van der Waals surface area contributed by atoms with E-state index in [1.165, 1.54) is 6.07 Å². The van der Waals surface area contributed by atoms with Gasteiger partial charge < -0.3 is 10.6 Å². The highest BCUT2D eigenvalue weighted by Gasteiger charge is 2.21. The summed E-state index contributed by atoms with van der Waals surface area (Å²) < 4.78 is 13.9. The highest BCUT2D eigenvalue weighted by Crippen LogP contribution is 2.24. The van der Waals surface area contributed by atoms with E-state index in [4.69, 9.17) is 0 Å². The van der Waals surface area contributed by atoms with Gasteiger partial charge in [0.05, 0.1) is 0 Å². The smallest absolute Gasteiger partial charge is 0.221 e. The SMILES string of the molecule is Cc1cc(F)c(C2CC(=O)NCCN2)cc1C. The number of hydrogen-bond acceptors (Lipinski definition) is 2. The van der Waals surface area contributed by atoms with Crippen molar-refractivity contribution >= 4 is 5.91 Å². The first-order chi connectivity index (χ1) is 8.08. The van der Waals surface area contributed by atoms with Gasteiger partial charge in [-0.05, 0) is 31.0 Å². The van der Waals surface area contributed by atoms with Gasteiger partial charge in [-0.2, -0.15) is 0 Å². The largest absolute Gasteiger partial charge is 0.355 e. The van der Waals surface area contributed by atoms with Crippen LogP contribution in [0.2, 0.25) is 0 Å². The van der Waals surface area contributed by atoms with Crippen LogP contribution in [0.4, 0.5) is 4.39 Å². The minimum absolute atomic E-state index is 0.0300. The minimum Gasteiger partial charge on any atom is -0.355 e. The van der Waals surface area contributed by atoms with Gasteiger partial charge in [0, 0.05) is 31.1 Å². The zero-order valence-corrected chi connectivity index (χ0v) is 10.1. The average molecular weight is 236 g/mol. The third kappa shape index (κ3) is 2.64. The Morgan fingerprint density at radius 3 is 2.71 bits per heavy atom. The van der Waals surface area contributed by atoms with Crippen molar-refractivity contribution in [2.75, 3.05) is 13.1 Å². The lowest BCUT2D eigenvalue weighted by atomic mass is 9.98. The quantitative estimate of drug-likeness (QED) is 0.777. The third-order valence-corrected chi connectivity index (χ3v) is 3.22. The van der Waals surface area contributed by atoms with E-state index in [2.05, 4.69) is 10.6 Å². The standard InChI is InChI=1S/C13H17FN2O/c1-8-5-10(11(14)6-9(8)2)12-7-13(17)16-4-3-15-12/h5-6,12,15H,3-4,7H2,1-2H3,(H,16,17). The average Bonchev–Trinajstić information content (AvgIpc) is 2.48. The fraction of sp³-hybridized carbons (Fsp3) is 0.462. The number of carbonyl (C=O) groups is 1. The number of carbonyl (C=O) groups excluding carboxylic acids is 1. The van der Waals surface area contributed by atoms with Crippen LogP contribution in [0.15, 0.2) is 12.1 Å². The van der Waals surface area contributed by atoms with Crippen LogP contribution in [0.3, 0.4) is 0 Å². The van der Waals surface area contributed by atoms with E-state index in [1.54, 1.807) is 0 Å². The molecule has 1 unspecified atom stereocenters. The third-order valence-electron chi connectivity index (χ3n) is 3.22. The first kappa shape index (κ1) is 12.0. The summed E-state index contributed by atoms with van der Waals surface area (Å²) in [6.45, 7) is 5.11. The predicted octanol–water partition coefficient (Wildman–Crippen LogP) is 1.59. The molecule has 0 aromatic heterocycles. The second-order valence-corrected chi connectivity index (χ2v) is 4.52. The van der Waals surface area contributed by atoms with Crippen molar-refractivity contribution in [2.45, 2.75) is 26.3 Å². The van der Waals surface area contributed by atoms with Crippen molar-refractivity contribution in [3.05, 3.63) is 34.6 Å². The van der Waals surface area contributed by atoms with Crippen molar-refractivity contribution < 1.29 is 9.18 Å². The zero-order chi connectivity index (χ0) is 12.4. The number of nitrogens with one attached hydrogen (secondary N) is 2. The van der Waals surface area contributed by atoms with Crippen molar-refractivity contribution in [1.29, 1.82) is 0 Å². The topological polar surface area (TPSA) is 41.1 Å². The van der Waals surface area contributed by atoms with E-state index in [1.807, 2.05) is 19.9 Å². The molecule has 1 fully saturated rings. The molecule has 0 radical (unpaired) electrons. The fourth-order valence-electron chi connectivity index (χ4n) is 2.07. The molecule has 4 heteroatoms. The molecule has 17 heavy (non-hydrogen) atoms. The summed E-state index contributed by atoms with van der Waals surface area (Å²) in [4.78, 5) is 11.5. The Hall–Kier alpha value is -1.42. The maximum Gasteiger partial charge on any atom is 0.221 e. The summed E-state index contributed by atoms with van der Waals surface area (Å²) in [5.41, 5.74) is 2.57. The molecular weight excluding hydrogens is 219 g/mol. The summed E-state index contributed by atoms with van der Waals surface area (Å²) in [5, 5.41) is 5.96. The first-order valence-corrected chi connectivity index (χ1v) is 5.84. The Morgan fingerprint density at radius 1 is 1.24 bits per heavy atom. The second kappa shape index (κ2) is 4.84. The summed E-state index contributed by atoms with van der Waals surface area (Å²) >= 11 is 0. The maximum absolute atomic E-state index is 13.9. The van der Waals surface area contributed by atoms with Gasteiger partial charge in [0.15, 0.2) is 0 Å². The van der Waals surface area contributed by atoms with E-state index in [9.17, 15) is 9.18 Å². The molecule has 0 spiro atoms. The van der Waals surface area contributed by atoms with E-state index >= 15 is 0 Å². The summed E-state index contributed by atoms with van der Waals surface area (Å²) in [5.74, 6) is -0.266. The van der Waals surface area contributed by atoms with Crippen molar-refractivity contribution in [3.8, 4) is 0 Å². The molecule has 1 amide bonds. The number of rotatable bonds is 1. The first-order valence-electron chi connectivity index (χ1n) is 5.84. The summed E-state index contributed by atoms with van der Waals surface area (Å²) in [6.07, 6.45) is 0.291. The van der Waals surface area contributed by atoms with Gasteiger partial charge in [-0.25, -0.2) is 4.39 Å². The Labute approximate surface area is 100 Å². The van der Waals surface area contributed by atoms with Crippen LogP contribution in [-0.2, 0) is 4.79 Å². The van der Waals surface area contributed by atoms with Crippen molar-refractivity contribution in [3.63, 3.8) is 0 Å². The molecule has 2 N–H and O–H groups in total. The fourth-order valence-corrected chi connectivity index (χ4v) is 2.07. The van der Waals surface area contributed by atoms with Crippen LogP contribution in [0.25, 0.3) is 0 Å². The molecule has 1 heterocycles. The van der Waals surface area contributed by atoms with Crippen molar-refractivity contribution in [1.82, 2.24) is 10.6 Å². The lowest BCUT2D eigenvalue weighted by Gasteiger charge is -2.17. The molecule has 2 rings (SSSR count). The number of amides is 1. The van der Waals surface area contributed by atoms with Crippen LogP contribution in [0.1, 0.15) is 29.2 Å². The van der Waals surface area contributed by atoms with Gasteiger partial charge in [-0.3, -0.25) is 4.79 Å². The minimum atomic E-state index is -0.236. The van der Waals surface area contributed by atoms with Crippen LogP contribution >= 0.6 is 0 Å². The van der Waals surface area contributed by atoms with Gasteiger partial charge in [-0.1, -0.05) is 6.07 Å². The molecule has 3 nitrogen and oxygen atoms in total. The number of aryl methyl sites for hydroxylation is 2. The molecule has 1 aromatic carbocycles. The van der Waals surface area contributed by atoms with Gasteiger partial charge >= 0.3 is 0 Å². The summed E-state index contributed by atoms with van der Waals surface area (Å²) in [6, 6.07) is 3.15. The molecule has 1 aromatic rings. The predicted molar refractivity (Wildman–Crippen MR) is 64.2 cm³/mol. The lowest BCUT2D eigenvalue weighted by Crippen LogP contribution is -2.25. The molecule has 0 aliphatic carbocycles. The second-order valence-electron chi connectivity index (χ2n) is 4.52. The molecule has 0 bridgehead atoms. The molecular formula is C13H17FN2O. The number of halogens is 1. The van der Waals surface area contributed by atoms with Crippen LogP contribution in [0, 0.1) is 19.7 Å². The Morgan fingerprint density at radius 2 is 1.94 bits per heavy atom. The van der Waals surface area contributed by atoms with E-state index in [0.29, 0.717) is 25.1 Å². The Balaban J connectivity index is 2.32. The van der Waals surface area contributed by atoms with Gasteiger partial charge in [-0.15, -0.1) is 0 Å². The molecule has 1 aliphatic rings. The van der Waals surface area contributed by atoms with Gasteiger partial charge in [0.1, 0.15) is 5.82 Å². The van der Waals surface area contributed by atoms with E-state index in [0.717, 1.165) is 11.1 Å². The molecule has 92 valence electrons. The Bertz CT molecular complexity index is 445.